The van der Waals surface area contributed by atoms with Crippen LogP contribution in [0.3, 0.4) is 0 Å². The van der Waals surface area contributed by atoms with E-state index in [0.29, 0.717) is 37.2 Å². The molecule has 5 heteroatoms. The molecule has 1 aliphatic heterocycles. The highest BCUT2D eigenvalue weighted by Gasteiger charge is 2.30. The standard InChI is InChI=1S/C13H18N2O3/c1-13(17)4-7-15(8-5-13)12(16)10-3-6-14-9-11(10)18-2/h3,6,9,17H,4-5,7-8H2,1-2H3. The molecule has 1 saturated heterocycles. The summed E-state index contributed by atoms with van der Waals surface area (Å²) in [6.07, 6.45) is 4.32. The molecule has 0 atom stereocenters. The van der Waals surface area contributed by atoms with Gasteiger partial charge < -0.3 is 14.7 Å². The molecule has 5 nitrogen and oxygen atoms in total. The Kier molecular flexibility index (Phi) is 3.52. The Morgan fingerprint density at radius 2 is 2.17 bits per heavy atom. The molecule has 0 aliphatic carbocycles. The quantitative estimate of drug-likeness (QED) is 0.853. The fraction of sp³-hybridized carbons (Fsp3) is 0.538. The summed E-state index contributed by atoms with van der Waals surface area (Å²) in [7, 11) is 1.52. The Labute approximate surface area is 106 Å². The van der Waals surface area contributed by atoms with Gasteiger partial charge in [0.15, 0.2) is 0 Å². The lowest BCUT2D eigenvalue weighted by atomic mass is 9.93. The largest absolute Gasteiger partial charge is 0.494 e. The van der Waals surface area contributed by atoms with Crippen LogP contribution >= 0.6 is 0 Å². The second-order valence-corrected chi connectivity index (χ2v) is 4.87. The molecular weight excluding hydrogens is 232 g/mol. The number of piperidine rings is 1. The fourth-order valence-electron chi connectivity index (χ4n) is 2.08. The molecule has 0 saturated carbocycles. The topological polar surface area (TPSA) is 62.7 Å². The maximum Gasteiger partial charge on any atom is 0.257 e. The summed E-state index contributed by atoms with van der Waals surface area (Å²) in [5.74, 6) is 0.421. The molecule has 0 aromatic carbocycles. The van der Waals surface area contributed by atoms with E-state index in [1.807, 2.05) is 6.92 Å². The SMILES string of the molecule is COc1cnccc1C(=O)N1CCC(C)(O)CC1. The second kappa shape index (κ2) is 4.94. The lowest BCUT2D eigenvalue weighted by Crippen LogP contribution is -2.45. The minimum atomic E-state index is -0.654. The van der Waals surface area contributed by atoms with Crippen LogP contribution in [0.2, 0.25) is 0 Å². The molecule has 2 heterocycles. The van der Waals surface area contributed by atoms with Gasteiger partial charge in [-0.3, -0.25) is 9.78 Å². The van der Waals surface area contributed by atoms with Gasteiger partial charge in [-0.05, 0) is 25.8 Å². The van der Waals surface area contributed by atoms with Crippen molar-refractivity contribution in [3.05, 3.63) is 24.0 Å². The first-order valence-electron chi connectivity index (χ1n) is 6.03. The lowest BCUT2D eigenvalue weighted by molar-refractivity contribution is -0.00209. The van der Waals surface area contributed by atoms with Crippen LogP contribution in [0.5, 0.6) is 5.75 Å². The number of carbonyl (C=O) groups is 1. The van der Waals surface area contributed by atoms with Crippen molar-refractivity contribution >= 4 is 5.91 Å². The first kappa shape index (κ1) is 12.8. The highest BCUT2D eigenvalue weighted by molar-refractivity contribution is 5.96. The van der Waals surface area contributed by atoms with Crippen molar-refractivity contribution in [2.75, 3.05) is 20.2 Å². The first-order valence-corrected chi connectivity index (χ1v) is 6.03. The first-order chi connectivity index (χ1) is 8.53. The number of hydrogen-bond donors (Lipinski definition) is 1. The molecule has 0 spiro atoms. The summed E-state index contributed by atoms with van der Waals surface area (Å²) < 4.78 is 5.14. The molecule has 2 rings (SSSR count). The molecule has 1 amide bonds. The predicted octanol–water partition coefficient (Wildman–Crippen LogP) is 1.08. The van der Waals surface area contributed by atoms with Crippen molar-refractivity contribution < 1.29 is 14.6 Å². The molecule has 0 radical (unpaired) electrons. The van der Waals surface area contributed by atoms with Crippen LogP contribution < -0.4 is 4.74 Å². The van der Waals surface area contributed by atoms with E-state index in [1.54, 1.807) is 17.2 Å². The van der Waals surface area contributed by atoms with Gasteiger partial charge in [0.2, 0.25) is 0 Å². The number of ether oxygens (including phenoxy) is 1. The van der Waals surface area contributed by atoms with Crippen molar-refractivity contribution in [2.45, 2.75) is 25.4 Å². The highest BCUT2D eigenvalue weighted by atomic mass is 16.5. The van der Waals surface area contributed by atoms with E-state index in [9.17, 15) is 9.90 Å². The third-order valence-corrected chi connectivity index (χ3v) is 3.36. The van der Waals surface area contributed by atoms with Crippen molar-refractivity contribution in [1.29, 1.82) is 0 Å². The molecule has 0 unspecified atom stereocenters. The smallest absolute Gasteiger partial charge is 0.257 e. The van der Waals surface area contributed by atoms with Gasteiger partial charge in [-0.25, -0.2) is 0 Å². The monoisotopic (exact) mass is 250 g/mol. The molecule has 1 fully saturated rings. The van der Waals surface area contributed by atoms with E-state index in [2.05, 4.69) is 4.98 Å². The van der Waals surface area contributed by atoms with Crippen LogP contribution in [-0.4, -0.2) is 46.7 Å². The molecule has 1 aliphatic rings. The Hall–Kier alpha value is -1.62. The number of rotatable bonds is 2. The van der Waals surface area contributed by atoms with Gasteiger partial charge in [-0.2, -0.15) is 0 Å². The van der Waals surface area contributed by atoms with Gasteiger partial charge in [0.25, 0.3) is 5.91 Å². The Balaban J connectivity index is 2.13. The van der Waals surface area contributed by atoms with Crippen molar-refractivity contribution in [1.82, 2.24) is 9.88 Å². The zero-order valence-corrected chi connectivity index (χ0v) is 10.7. The number of pyridine rings is 1. The molecule has 0 bridgehead atoms. The average molecular weight is 250 g/mol. The average Bonchev–Trinajstić information content (AvgIpc) is 2.38. The van der Waals surface area contributed by atoms with Crippen LogP contribution in [0.1, 0.15) is 30.1 Å². The maximum absolute atomic E-state index is 12.3. The summed E-state index contributed by atoms with van der Waals surface area (Å²) in [5.41, 5.74) is -0.131. The van der Waals surface area contributed by atoms with Crippen LogP contribution in [0.4, 0.5) is 0 Å². The van der Waals surface area contributed by atoms with Gasteiger partial charge in [0.05, 0.1) is 24.5 Å². The van der Waals surface area contributed by atoms with E-state index >= 15 is 0 Å². The zero-order chi connectivity index (χ0) is 13.2. The zero-order valence-electron chi connectivity index (χ0n) is 10.7. The van der Waals surface area contributed by atoms with Crippen LogP contribution in [-0.2, 0) is 0 Å². The number of aromatic nitrogens is 1. The van der Waals surface area contributed by atoms with Crippen LogP contribution in [0.15, 0.2) is 18.5 Å². The Bertz CT molecular complexity index is 436. The number of amides is 1. The van der Waals surface area contributed by atoms with Gasteiger partial charge >= 0.3 is 0 Å². The van der Waals surface area contributed by atoms with Crippen LogP contribution in [0.25, 0.3) is 0 Å². The Morgan fingerprint density at radius 1 is 1.50 bits per heavy atom. The molecule has 18 heavy (non-hydrogen) atoms. The van der Waals surface area contributed by atoms with Crippen molar-refractivity contribution in [3.63, 3.8) is 0 Å². The second-order valence-electron chi connectivity index (χ2n) is 4.87. The number of likely N-dealkylation sites (tertiary alicyclic amines) is 1. The van der Waals surface area contributed by atoms with Gasteiger partial charge in [0.1, 0.15) is 5.75 Å². The Morgan fingerprint density at radius 3 is 2.78 bits per heavy atom. The van der Waals surface area contributed by atoms with Crippen LogP contribution in [0, 0.1) is 0 Å². The summed E-state index contributed by atoms with van der Waals surface area (Å²) in [6, 6.07) is 1.66. The minimum Gasteiger partial charge on any atom is -0.494 e. The number of carbonyl (C=O) groups excluding carboxylic acids is 1. The molecule has 98 valence electrons. The molecule has 1 aromatic heterocycles. The molecular formula is C13H18N2O3. The van der Waals surface area contributed by atoms with E-state index in [1.165, 1.54) is 13.3 Å². The maximum atomic E-state index is 12.3. The number of nitrogens with zero attached hydrogens (tertiary/aromatic N) is 2. The molecule has 1 N–H and O–H groups in total. The van der Waals surface area contributed by atoms with Gasteiger partial charge in [-0.15, -0.1) is 0 Å². The number of aliphatic hydroxyl groups is 1. The third-order valence-electron chi connectivity index (χ3n) is 3.36. The molecule has 1 aromatic rings. The van der Waals surface area contributed by atoms with Gasteiger partial charge in [0, 0.05) is 19.3 Å². The van der Waals surface area contributed by atoms with E-state index in [4.69, 9.17) is 4.74 Å². The summed E-state index contributed by atoms with van der Waals surface area (Å²) in [6.45, 7) is 2.94. The lowest BCUT2D eigenvalue weighted by Gasteiger charge is -2.35. The van der Waals surface area contributed by atoms with Crippen molar-refractivity contribution in [2.24, 2.45) is 0 Å². The third kappa shape index (κ3) is 2.61. The summed E-state index contributed by atoms with van der Waals surface area (Å²) in [4.78, 5) is 18.0. The number of hydrogen-bond acceptors (Lipinski definition) is 4. The van der Waals surface area contributed by atoms with Crippen molar-refractivity contribution in [3.8, 4) is 5.75 Å². The van der Waals surface area contributed by atoms with E-state index in [0.717, 1.165) is 0 Å². The summed E-state index contributed by atoms with van der Waals surface area (Å²) >= 11 is 0. The fourth-order valence-corrected chi connectivity index (χ4v) is 2.08. The van der Waals surface area contributed by atoms with E-state index in [-0.39, 0.29) is 5.91 Å². The van der Waals surface area contributed by atoms with E-state index < -0.39 is 5.60 Å². The minimum absolute atomic E-state index is 0.0650. The van der Waals surface area contributed by atoms with Gasteiger partial charge in [-0.1, -0.05) is 0 Å². The number of methoxy groups -OCH3 is 1. The predicted molar refractivity (Wildman–Crippen MR) is 66.6 cm³/mol. The highest BCUT2D eigenvalue weighted by Crippen LogP contribution is 2.24. The summed E-state index contributed by atoms with van der Waals surface area (Å²) in [5, 5.41) is 9.87. The normalized spacial score (nSPS) is 18.5.